The highest BCUT2D eigenvalue weighted by Gasteiger charge is 2.10. The molecule has 2 rings (SSSR count). The zero-order valence-corrected chi connectivity index (χ0v) is 11.2. The Morgan fingerprint density at radius 1 is 1.24 bits per heavy atom. The third-order valence-electron chi connectivity index (χ3n) is 2.91. The van der Waals surface area contributed by atoms with E-state index in [0.717, 1.165) is 23.6 Å². The van der Waals surface area contributed by atoms with Gasteiger partial charge in [-0.2, -0.15) is 0 Å². The van der Waals surface area contributed by atoms with E-state index in [9.17, 15) is 0 Å². The molecule has 1 N–H and O–H groups in total. The van der Waals surface area contributed by atoms with Crippen molar-refractivity contribution < 1.29 is 0 Å². The van der Waals surface area contributed by atoms with Crippen LogP contribution in [0.5, 0.6) is 0 Å². The molecule has 1 aromatic heterocycles. The fraction of sp³-hybridized carbons (Fsp3) is 0.357. The highest BCUT2D eigenvalue weighted by atomic mass is 35.5. The molecule has 0 spiro atoms. The lowest BCUT2D eigenvalue weighted by molar-refractivity contribution is 0.988. The second kappa shape index (κ2) is 4.92. The molecule has 0 amide bonds. The van der Waals surface area contributed by atoms with Gasteiger partial charge in [0.05, 0.1) is 5.69 Å². The van der Waals surface area contributed by atoms with Crippen molar-refractivity contribution in [1.82, 2.24) is 9.97 Å². The van der Waals surface area contributed by atoms with Gasteiger partial charge in [-0.25, -0.2) is 4.98 Å². The first-order valence-electron chi connectivity index (χ1n) is 5.81. The Morgan fingerprint density at radius 2 is 2.00 bits per heavy atom. The summed E-state index contributed by atoms with van der Waals surface area (Å²) in [7, 11) is 0. The first-order valence-corrected chi connectivity index (χ1v) is 6.34. The maximum absolute atomic E-state index is 5.74. The van der Waals surface area contributed by atoms with Crippen LogP contribution in [0.3, 0.4) is 0 Å². The molecule has 0 saturated carbocycles. The second-order valence-electron chi connectivity index (χ2n) is 4.41. The summed E-state index contributed by atoms with van der Waals surface area (Å²) >= 11 is 5.74. The number of aromatic nitrogens is 2. The molecule has 0 radical (unpaired) electrons. The van der Waals surface area contributed by atoms with Crippen molar-refractivity contribution in [3.05, 3.63) is 40.8 Å². The molecule has 0 unspecified atom stereocenters. The SMILES string of the molecule is Cc1ccc(C)c(-c2nc(CCCl)[nH]c2C)c1. The lowest BCUT2D eigenvalue weighted by Gasteiger charge is -2.05. The number of imidazole rings is 1. The Hall–Kier alpha value is -1.28. The van der Waals surface area contributed by atoms with Crippen molar-refractivity contribution in [3.8, 4) is 11.3 Å². The molecule has 2 aromatic rings. The van der Waals surface area contributed by atoms with Crippen LogP contribution >= 0.6 is 11.6 Å². The topological polar surface area (TPSA) is 28.7 Å². The van der Waals surface area contributed by atoms with E-state index < -0.39 is 0 Å². The van der Waals surface area contributed by atoms with Gasteiger partial charge < -0.3 is 4.98 Å². The third-order valence-corrected chi connectivity index (χ3v) is 3.10. The molecule has 0 bridgehead atoms. The maximum atomic E-state index is 5.74. The Kier molecular flexibility index (Phi) is 3.53. The zero-order valence-electron chi connectivity index (χ0n) is 10.5. The number of halogens is 1. The van der Waals surface area contributed by atoms with Gasteiger partial charge in [-0.15, -0.1) is 11.6 Å². The predicted molar refractivity (Wildman–Crippen MR) is 72.7 cm³/mol. The summed E-state index contributed by atoms with van der Waals surface area (Å²) in [6.07, 6.45) is 0.785. The highest BCUT2D eigenvalue weighted by Crippen LogP contribution is 2.25. The molecule has 0 aliphatic carbocycles. The number of hydrogen-bond acceptors (Lipinski definition) is 1. The van der Waals surface area contributed by atoms with Gasteiger partial charge in [0.1, 0.15) is 5.82 Å². The second-order valence-corrected chi connectivity index (χ2v) is 4.79. The molecule has 0 aliphatic heterocycles. The molecule has 0 aliphatic rings. The van der Waals surface area contributed by atoms with E-state index in [-0.39, 0.29) is 0 Å². The van der Waals surface area contributed by atoms with Gasteiger partial charge in [0.15, 0.2) is 0 Å². The third kappa shape index (κ3) is 2.52. The van der Waals surface area contributed by atoms with Crippen molar-refractivity contribution in [2.24, 2.45) is 0 Å². The zero-order chi connectivity index (χ0) is 12.4. The fourth-order valence-corrected chi connectivity index (χ4v) is 2.16. The Bertz CT molecular complexity index is 529. The van der Waals surface area contributed by atoms with Gasteiger partial charge in [0.2, 0.25) is 0 Å². The number of nitrogens with one attached hydrogen (secondary N) is 1. The van der Waals surface area contributed by atoms with Gasteiger partial charge in [-0.05, 0) is 32.4 Å². The number of nitrogens with zero attached hydrogens (tertiary/aromatic N) is 1. The Morgan fingerprint density at radius 3 is 2.71 bits per heavy atom. The van der Waals surface area contributed by atoms with Crippen LogP contribution in [0.1, 0.15) is 22.6 Å². The van der Waals surface area contributed by atoms with E-state index in [1.54, 1.807) is 0 Å². The van der Waals surface area contributed by atoms with E-state index in [2.05, 4.69) is 48.9 Å². The summed E-state index contributed by atoms with van der Waals surface area (Å²) in [5.41, 5.74) is 5.87. The molecular formula is C14H17ClN2. The van der Waals surface area contributed by atoms with Crippen LogP contribution in [-0.4, -0.2) is 15.8 Å². The smallest absolute Gasteiger partial charge is 0.108 e. The largest absolute Gasteiger partial charge is 0.346 e. The highest BCUT2D eigenvalue weighted by molar-refractivity contribution is 6.17. The van der Waals surface area contributed by atoms with E-state index in [4.69, 9.17) is 11.6 Å². The number of benzene rings is 1. The van der Waals surface area contributed by atoms with Crippen molar-refractivity contribution >= 4 is 11.6 Å². The molecule has 1 aromatic carbocycles. The van der Waals surface area contributed by atoms with Crippen molar-refractivity contribution in [1.29, 1.82) is 0 Å². The molecule has 0 atom stereocenters. The summed E-state index contributed by atoms with van der Waals surface area (Å²) in [6, 6.07) is 6.45. The van der Waals surface area contributed by atoms with Crippen LogP contribution in [0.25, 0.3) is 11.3 Å². The molecule has 3 heteroatoms. The van der Waals surface area contributed by atoms with Crippen LogP contribution in [-0.2, 0) is 6.42 Å². The first kappa shape index (κ1) is 12.2. The molecule has 17 heavy (non-hydrogen) atoms. The van der Waals surface area contributed by atoms with Crippen molar-refractivity contribution in [2.75, 3.05) is 5.88 Å². The van der Waals surface area contributed by atoms with E-state index in [1.807, 2.05) is 0 Å². The average Bonchev–Trinajstić information content (AvgIpc) is 2.64. The van der Waals surface area contributed by atoms with Crippen LogP contribution in [0, 0.1) is 20.8 Å². The number of alkyl halides is 1. The summed E-state index contributed by atoms with van der Waals surface area (Å²) in [5, 5.41) is 0. The van der Waals surface area contributed by atoms with Crippen molar-refractivity contribution in [2.45, 2.75) is 27.2 Å². The van der Waals surface area contributed by atoms with Crippen LogP contribution < -0.4 is 0 Å². The Labute approximate surface area is 107 Å². The monoisotopic (exact) mass is 248 g/mol. The van der Waals surface area contributed by atoms with E-state index in [0.29, 0.717) is 5.88 Å². The standard InChI is InChI=1S/C14H17ClN2/c1-9-4-5-10(2)12(8-9)14-11(3)16-13(17-14)6-7-15/h4-5,8H,6-7H2,1-3H3,(H,16,17). The first-order chi connectivity index (χ1) is 8.11. The Balaban J connectivity index is 2.48. The summed E-state index contributed by atoms with van der Waals surface area (Å²) in [4.78, 5) is 7.93. The predicted octanol–water partition coefficient (Wildman–Crippen LogP) is 3.78. The average molecular weight is 249 g/mol. The molecular weight excluding hydrogens is 232 g/mol. The van der Waals surface area contributed by atoms with Gasteiger partial charge in [-0.1, -0.05) is 17.7 Å². The lowest BCUT2D eigenvalue weighted by Crippen LogP contribution is -1.89. The summed E-state index contributed by atoms with van der Waals surface area (Å²) in [5.74, 6) is 1.56. The lowest BCUT2D eigenvalue weighted by atomic mass is 10.0. The molecule has 0 fully saturated rings. The number of aromatic amines is 1. The molecule has 2 nitrogen and oxygen atoms in total. The molecule has 0 saturated heterocycles. The minimum absolute atomic E-state index is 0.596. The summed E-state index contributed by atoms with van der Waals surface area (Å²) in [6.45, 7) is 6.27. The van der Waals surface area contributed by atoms with E-state index in [1.165, 1.54) is 16.7 Å². The van der Waals surface area contributed by atoms with E-state index >= 15 is 0 Å². The minimum atomic E-state index is 0.596. The van der Waals surface area contributed by atoms with Crippen LogP contribution in [0.4, 0.5) is 0 Å². The van der Waals surface area contributed by atoms with Crippen LogP contribution in [0.2, 0.25) is 0 Å². The number of rotatable bonds is 3. The fourth-order valence-electron chi connectivity index (χ4n) is 1.98. The quantitative estimate of drug-likeness (QED) is 0.823. The van der Waals surface area contributed by atoms with Gasteiger partial charge in [0, 0.05) is 23.6 Å². The molecule has 90 valence electrons. The van der Waals surface area contributed by atoms with Gasteiger partial charge in [0.25, 0.3) is 0 Å². The number of H-pyrrole nitrogens is 1. The van der Waals surface area contributed by atoms with Gasteiger partial charge in [-0.3, -0.25) is 0 Å². The maximum Gasteiger partial charge on any atom is 0.108 e. The number of hydrogen-bond donors (Lipinski definition) is 1. The van der Waals surface area contributed by atoms with Gasteiger partial charge >= 0.3 is 0 Å². The normalized spacial score (nSPS) is 10.8. The summed E-state index contributed by atoms with van der Waals surface area (Å²) < 4.78 is 0. The van der Waals surface area contributed by atoms with Crippen molar-refractivity contribution in [3.63, 3.8) is 0 Å². The van der Waals surface area contributed by atoms with Crippen LogP contribution in [0.15, 0.2) is 18.2 Å². The number of aryl methyl sites for hydroxylation is 4. The molecule has 1 heterocycles. The minimum Gasteiger partial charge on any atom is -0.346 e.